The minimum atomic E-state index is 0. The van der Waals surface area contributed by atoms with Crippen molar-refractivity contribution in [2.75, 3.05) is 151 Å². The van der Waals surface area contributed by atoms with E-state index in [0.717, 1.165) is 120 Å². The van der Waals surface area contributed by atoms with Crippen molar-refractivity contribution in [3.63, 3.8) is 0 Å². The minimum Gasteiger partial charge on any atom is -0.330 e. The zero-order valence-corrected chi connectivity index (χ0v) is 77.1. The van der Waals surface area contributed by atoms with Crippen molar-refractivity contribution in [1.29, 1.82) is 0 Å². The van der Waals surface area contributed by atoms with Gasteiger partial charge in [-0.25, -0.2) is 0 Å². The van der Waals surface area contributed by atoms with E-state index in [1.54, 1.807) is 0 Å². The third-order valence-corrected chi connectivity index (χ3v) is 22.8. The van der Waals surface area contributed by atoms with Crippen molar-refractivity contribution in [2.45, 2.75) is 435 Å². The molecule has 684 valence electrons. The number of hydrogen-bond donors (Lipinski definition) is 16. The molecule has 16 heteroatoms. The van der Waals surface area contributed by atoms with Crippen LogP contribution in [0.3, 0.4) is 0 Å². The van der Waals surface area contributed by atoms with Crippen molar-refractivity contribution in [2.24, 2.45) is 87.1 Å². The molecule has 2 aliphatic carbocycles. The van der Waals surface area contributed by atoms with Gasteiger partial charge in [-0.3, -0.25) is 0 Å². The quantitative estimate of drug-likeness (QED) is 0.0252. The zero-order chi connectivity index (χ0) is 82.4. The molecule has 25 N–H and O–H groups in total. The highest BCUT2D eigenvalue weighted by atomic mass is 14.9. The van der Waals surface area contributed by atoms with Crippen molar-refractivity contribution in [1.82, 2.24) is 37.2 Å². The van der Waals surface area contributed by atoms with Gasteiger partial charge in [-0.05, 0) is 340 Å². The fraction of sp³-hybridized carbons (Fsp3) is 1.00. The Balaban J connectivity index is -0.000000298. The van der Waals surface area contributed by atoms with E-state index < -0.39 is 0 Å². The molecule has 112 heavy (non-hydrogen) atoms. The standard InChI is InChI=1S/C20H45N3.C17H34N2.C16H37N3.C15H34N2.C13H30N2.C9H22N2.C5H14N2.CH4/c21-17-13-9-5-1-3-7-11-15-19-23-20-16-12-8-4-2-6-10-14-18-22;1-2-14-3-7-16(8-4-14)12-19-13-17-9-5-15(11-18)6-10-17;17-13-9-5-1-3-7-11-15-19-16-12-8-4-2-6-10-14-18;1-4-7-14(2)8-5-12-17-13-6-9-15(3)10-11-16;1-2-3-4-6-9-12-15-13-10-7-5-8-11-14;1-2-3-5-8-11-9-6-4-7-10;1-2-4-7-5-3-6;/h23H,1-22H2;14-17,19H,2-13,18H2,1H3;19H,1-18H2;14-15,17H,4-13,16H2,1-3H3;15H,2-14H2,1H3;11H,2-10H2,1H3;7H,2-6H2,1H3;1H4. The molecule has 0 aromatic heterocycles. The van der Waals surface area contributed by atoms with Crippen molar-refractivity contribution < 1.29 is 0 Å². The zero-order valence-electron chi connectivity index (χ0n) is 77.1. The second kappa shape index (κ2) is 117. The Morgan fingerprint density at radius 1 is 0.205 bits per heavy atom. The Hall–Kier alpha value is -0.640. The molecular formula is C96H220N16. The first-order chi connectivity index (χ1) is 54.6. The van der Waals surface area contributed by atoms with Gasteiger partial charge in [0, 0.05) is 13.1 Å². The fourth-order valence-corrected chi connectivity index (χ4v) is 14.9. The monoisotopic (exact) mass is 1600 g/mol. The molecule has 0 saturated heterocycles. The molecule has 2 saturated carbocycles. The number of unbranched alkanes of at least 4 members (excludes halogenated alkanes) is 34. The van der Waals surface area contributed by atoms with Gasteiger partial charge in [0.25, 0.3) is 0 Å². The normalized spacial score (nSPS) is 15.6. The van der Waals surface area contributed by atoms with Gasteiger partial charge < -0.3 is 88.8 Å². The maximum Gasteiger partial charge on any atom is 0.00744 e. The summed E-state index contributed by atoms with van der Waals surface area (Å²) in [6, 6.07) is 0. The van der Waals surface area contributed by atoms with Gasteiger partial charge in [0.05, 0.1) is 0 Å². The molecule has 0 aromatic carbocycles. The van der Waals surface area contributed by atoms with Crippen LogP contribution in [-0.4, -0.2) is 151 Å². The van der Waals surface area contributed by atoms with E-state index in [1.807, 2.05) is 0 Å². The Labute approximate surface area is 705 Å². The highest BCUT2D eigenvalue weighted by Gasteiger charge is 2.22. The van der Waals surface area contributed by atoms with Crippen molar-refractivity contribution in [3.05, 3.63) is 0 Å². The van der Waals surface area contributed by atoms with E-state index in [-0.39, 0.29) is 7.43 Å². The maximum atomic E-state index is 5.75. The maximum absolute atomic E-state index is 5.75. The molecule has 0 aromatic rings. The molecular weight excluding hydrogens is 1380 g/mol. The van der Waals surface area contributed by atoms with E-state index in [9.17, 15) is 0 Å². The predicted molar refractivity (Wildman–Crippen MR) is 511 cm³/mol. The summed E-state index contributed by atoms with van der Waals surface area (Å²) in [4.78, 5) is 0. The lowest BCUT2D eigenvalue weighted by Crippen LogP contribution is -2.32. The molecule has 0 spiro atoms. The van der Waals surface area contributed by atoms with Crippen LogP contribution in [0.25, 0.3) is 0 Å². The molecule has 2 atom stereocenters. The van der Waals surface area contributed by atoms with E-state index in [0.29, 0.717) is 0 Å². The molecule has 0 bridgehead atoms. The highest BCUT2D eigenvalue weighted by molar-refractivity contribution is 4.77. The second-order valence-corrected chi connectivity index (χ2v) is 34.1. The first-order valence-electron chi connectivity index (χ1n) is 49.8. The van der Waals surface area contributed by atoms with E-state index >= 15 is 0 Å². The Morgan fingerprint density at radius 3 is 0.723 bits per heavy atom. The molecule has 2 rings (SSSR count). The van der Waals surface area contributed by atoms with Gasteiger partial charge in [-0.15, -0.1) is 0 Å². The molecule has 0 aliphatic heterocycles. The van der Waals surface area contributed by atoms with Gasteiger partial charge in [0.1, 0.15) is 0 Å². The van der Waals surface area contributed by atoms with Crippen LogP contribution in [-0.2, 0) is 0 Å². The minimum absolute atomic E-state index is 0. The smallest absolute Gasteiger partial charge is 0.00744 e. The summed E-state index contributed by atoms with van der Waals surface area (Å²) >= 11 is 0. The lowest BCUT2D eigenvalue weighted by atomic mass is 9.80. The fourth-order valence-electron chi connectivity index (χ4n) is 14.9. The van der Waals surface area contributed by atoms with Crippen LogP contribution in [0.4, 0.5) is 0 Å². The molecule has 2 unspecified atom stereocenters. The van der Waals surface area contributed by atoms with Gasteiger partial charge in [0.2, 0.25) is 0 Å². The number of nitrogens with two attached hydrogens (primary N) is 9. The van der Waals surface area contributed by atoms with Crippen LogP contribution < -0.4 is 88.8 Å². The van der Waals surface area contributed by atoms with Crippen LogP contribution in [0.5, 0.6) is 0 Å². The molecule has 0 amide bonds. The summed E-state index contributed by atoms with van der Waals surface area (Å²) in [6.07, 6.45) is 79.3. The Bertz CT molecular complexity index is 1390. The van der Waals surface area contributed by atoms with Gasteiger partial charge in [-0.2, -0.15) is 0 Å². The summed E-state index contributed by atoms with van der Waals surface area (Å²) in [5, 5.41) is 24.5. The lowest BCUT2D eigenvalue weighted by Gasteiger charge is -2.30. The first-order valence-corrected chi connectivity index (χ1v) is 49.8. The average molecular weight is 1600 g/mol. The first kappa shape index (κ1) is 122. The summed E-state index contributed by atoms with van der Waals surface area (Å²) < 4.78 is 0. The van der Waals surface area contributed by atoms with Crippen molar-refractivity contribution >= 4 is 0 Å². The Kier molecular flexibility index (Phi) is 127. The topological polar surface area (TPSA) is 318 Å². The molecule has 0 radical (unpaired) electrons. The summed E-state index contributed by atoms with van der Waals surface area (Å²) in [5.74, 6) is 5.44. The largest absolute Gasteiger partial charge is 0.330 e. The van der Waals surface area contributed by atoms with E-state index in [1.165, 1.54) is 444 Å². The van der Waals surface area contributed by atoms with Crippen LogP contribution in [0.2, 0.25) is 0 Å². The van der Waals surface area contributed by atoms with Gasteiger partial charge in [-0.1, -0.05) is 268 Å². The lowest BCUT2D eigenvalue weighted by molar-refractivity contribution is 0.242. The van der Waals surface area contributed by atoms with Crippen LogP contribution in [0.15, 0.2) is 0 Å². The predicted octanol–water partition coefficient (Wildman–Crippen LogP) is 20.2. The third kappa shape index (κ3) is 116. The van der Waals surface area contributed by atoms with E-state index in [4.69, 9.17) is 51.6 Å². The molecule has 16 nitrogen and oxygen atoms in total. The van der Waals surface area contributed by atoms with Gasteiger partial charge >= 0.3 is 0 Å². The summed E-state index contributed by atoms with van der Waals surface area (Å²) in [6.45, 7) is 40.0. The second-order valence-electron chi connectivity index (χ2n) is 34.1. The SMILES string of the molecule is C.CCC1CCC(CNCC2CCC(CN)CC2)CC1.CCCC(C)CCCNCCCC(C)CCN.CCCCCCCNCCCCCCN.CCCCCNCCCCN.CCCNCCN.NCCCCCCCCCCNCCCCCCCCCCN.NCCCCCCCCNCCCCCCCCN. The van der Waals surface area contributed by atoms with Gasteiger partial charge in [0.15, 0.2) is 0 Å². The van der Waals surface area contributed by atoms with E-state index in [2.05, 4.69) is 85.7 Å². The summed E-state index contributed by atoms with van der Waals surface area (Å²) in [5.41, 5.74) is 49.2. The number of hydrogen-bond acceptors (Lipinski definition) is 16. The summed E-state index contributed by atoms with van der Waals surface area (Å²) in [7, 11) is 0. The third-order valence-electron chi connectivity index (χ3n) is 22.8. The molecule has 2 aliphatic rings. The molecule has 0 heterocycles. The van der Waals surface area contributed by atoms with Crippen LogP contribution in [0, 0.1) is 35.5 Å². The number of rotatable bonds is 78. The van der Waals surface area contributed by atoms with Crippen LogP contribution in [0.1, 0.15) is 435 Å². The van der Waals surface area contributed by atoms with Crippen LogP contribution >= 0.6 is 0 Å². The Morgan fingerprint density at radius 2 is 0.446 bits per heavy atom. The number of nitrogens with one attached hydrogen (secondary N) is 7. The average Bonchev–Trinajstić information content (AvgIpc) is 0.865. The molecule has 2 fully saturated rings. The van der Waals surface area contributed by atoms with Crippen molar-refractivity contribution in [3.8, 4) is 0 Å². The highest BCUT2D eigenvalue weighted by Crippen LogP contribution is 2.31.